The molecular formula is C8H15O4Si. The van der Waals surface area contributed by atoms with Crippen LogP contribution in [0.25, 0.3) is 0 Å². The van der Waals surface area contributed by atoms with E-state index in [1.165, 1.54) is 6.08 Å². The van der Waals surface area contributed by atoms with Crippen LogP contribution in [0.2, 0.25) is 6.04 Å². The summed E-state index contributed by atoms with van der Waals surface area (Å²) in [5, 5.41) is 0. The van der Waals surface area contributed by atoms with Crippen LogP contribution in [0.5, 0.6) is 0 Å². The Morgan fingerprint density at radius 3 is 2.46 bits per heavy atom. The van der Waals surface area contributed by atoms with E-state index in [-0.39, 0.29) is 5.97 Å². The minimum Gasteiger partial charge on any atom is -0.463 e. The Kier molecular flexibility index (Phi) is 7.57. The zero-order valence-corrected chi connectivity index (χ0v) is 9.20. The van der Waals surface area contributed by atoms with Gasteiger partial charge in [0.1, 0.15) is 0 Å². The molecule has 0 bridgehead atoms. The molecule has 4 nitrogen and oxygen atoms in total. The lowest BCUT2D eigenvalue weighted by atomic mass is 10.5. The highest BCUT2D eigenvalue weighted by molar-refractivity contribution is 6.44. The molecule has 0 aliphatic rings. The first-order valence-corrected chi connectivity index (χ1v) is 5.50. The van der Waals surface area contributed by atoms with Gasteiger partial charge in [-0.25, -0.2) is 4.79 Å². The van der Waals surface area contributed by atoms with Crippen LogP contribution in [0.3, 0.4) is 0 Å². The molecule has 75 valence electrons. The van der Waals surface area contributed by atoms with Crippen molar-refractivity contribution in [2.75, 3.05) is 20.8 Å². The van der Waals surface area contributed by atoms with Crippen LogP contribution in [-0.2, 0) is 18.4 Å². The van der Waals surface area contributed by atoms with Crippen LogP contribution in [0.1, 0.15) is 6.92 Å². The van der Waals surface area contributed by atoms with Crippen molar-refractivity contribution in [1.82, 2.24) is 0 Å². The lowest BCUT2D eigenvalue weighted by Gasteiger charge is -2.08. The number of ether oxygens (including phenoxy) is 1. The Morgan fingerprint density at radius 1 is 1.38 bits per heavy atom. The maximum Gasteiger partial charge on any atom is 0.387 e. The van der Waals surface area contributed by atoms with Crippen molar-refractivity contribution in [2.24, 2.45) is 0 Å². The fourth-order valence-corrected chi connectivity index (χ4v) is 1.55. The van der Waals surface area contributed by atoms with Gasteiger partial charge in [-0.2, -0.15) is 0 Å². The molecule has 0 aromatic carbocycles. The molecule has 0 saturated carbocycles. The first kappa shape index (κ1) is 12.3. The van der Waals surface area contributed by atoms with Crippen LogP contribution < -0.4 is 0 Å². The summed E-state index contributed by atoms with van der Waals surface area (Å²) < 4.78 is 14.9. The predicted octanol–water partition coefficient (Wildman–Crippen LogP) is 0.887. The highest BCUT2D eigenvalue weighted by atomic mass is 28.3. The summed E-state index contributed by atoms with van der Waals surface area (Å²) in [5.41, 5.74) is 0. The fraction of sp³-hybridized carbons (Fsp3) is 0.625. The zero-order chi connectivity index (χ0) is 10.1. The summed E-state index contributed by atoms with van der Waals surface area (Å²) in [4.78, 5) is 10.8. The average Bonchev–Trinajstić information content (AvgIpc) is 2.13. The Labute approximate surface area is 80.3 Å². The molecule has 0 rings (SSSR count). The molecule has 13 heavy (non-hydrogen) atoms. The molecule has 0 N–H and O–H groups in total. The molecule has 0 fully saturated rings. The highest BCUT2D eigenvalue weighted by Crippen LogP contribution is 1.95. The van der Waals surface area contributed by atoms with Gasteiger partial charge in [-0.05, 0) is 6.92 Å². The van der Waals surface area contributed by atoms with Gasteiger partial charge < -0.3 is 13.6 Å². The lowest BCUT2D eigenvalue weighted by molar-refractivity contribution is -0.137. The minimum absolute atomic E-state index is 0.323. The molecule has 0 spiro atoms. The third-order valence-corrected chi connectivity index (χ3v) is 2.83. The highest BCUT2D eigenvalue weighted by Gasteiger charge is 2.11. The van der Waals surface area contributed by atoms with Gasteiger partial charge in [-0.15, -0.1) is 0 Å². The smallest absolute Gasteiger partial charge is 0.387 e. The van der Waals surface area contributed by atoms with Crippen molar-refractivity contribution in [1.29, 1.82) is 0 Å². The molecule has 1 radical (unpaired) electrons. The van der Waals surface area contributed by atoms with E-state index in [1.54, 1.807) is 27.2 Å². The topological polar surface area (TPSA) is 44.8 Å². The molecular weight excluding hydrogens is 188 g/mol. The molecule has 0 aliphatic carbocycles. The van der Waals surface area contributed by atoms with Gasteiger partial charge in [0.25, 0.3) is 0 Å². The summed E-state index contributed by atoms with van der Waals surface area (Å²) in [6.45, 7) is 2.11. The molecule has 5 heteroatoms. The molecule has 0 unspecified atom stereocenters. The van der Waals surface area contributed by atoms with Gasteiger partial charge in [0, 0.05) is 26.3 Å². The summed E-state index contributed by atoms with van der Waals surface area (Å²) >= 11 is 0. The fourth-order valence-electron chi connectivity index (χ4n) is 0.707. The van der Waals surface area contributed by atoms with E-state index in [0.29, 0.717) is 12.7 Å². The van der Waals surface area contributed by atoms with Crippen molar-refractivity contribution in [3.63, 3.8) is 0 Å². The van der Waals surface area contributed by atoms with E-state index in [2.05, 4.69) is 0 Å². The minimum atomic E-state index is -1.23. The SMILES string of the molecule is CC=CC(=O)OCC[Si](OC)OC. The van der Waals surface area contributed by atoms with E-state index in [4.69, 9.17) is 13.6 Å². The number of carbonyl (C=O) groups is 1. The molecule has 0 atom stereocenters. The van der Waals surface area contributed by atoms with Crippen molar-refractivity contribution in [3.8, 4) is 0 Å². The Bertz CT molecular complexity index is 166. The van der Waals surface area contributed by atoms with E-state index >= 15 is 0 Å². The quantitative estimate of drug-likeness (QED) is 0.365. The third-order valence-electron chi connectivity index (χ3n) is 1.31. The standard InChI is InChI=1S/C8H15O4Si/c1-4-5-8(9)12-6-7-13(10-2)11-3/h4-5H,6-7H2,1-3H3. The monoisotopic (exact) mass is 203 g/mol. The van der Waals surface area contributed by atoms with Crippen LogP contribution in [0.4, 0.5) is 0 Å². The molecule has 0 heterocycles. The molecule has 0 aliphatic heterocycles. The number of allylic oxidation sites excluding steroid dienone is 1. The molecule has 0 aromatic rings. The second-order valence-electron chi connectivity index (χ2n) is 2.20. The van der Waals surface area contributed by atoms with Crippen molar-refractivity contribution in [2.45, 2.75) is 13.0 Å². The number of hydrogen-bond donors (Lipinski definition) is 0. The van der Waals surface area contributed by atoms with Crippen LogP contribution in [0.15, 0.2) is 12.2 Å². The normalized spacial score (nSPS) is 11.1. The number of rotatable bonds is 6. The van der Waals surface area contributed by atoms with Crippen molar-refractivity contribution < 1.29 is 18.4 Å². The maximum absolute atomic E-state index is 10.8. The number of esters is 1. The second kappa shape index (κ2) is 7.97. The van der Waals surface area contributed by atoms with E-state index in [9.17, 15) is 4.79 Å². The van der Waals surface area contributed by atoms with Crippen LogP contribution >= 0.6 is 0 Å². The van der Waals surface area contributed by atoms with Gasteiger partial charge in [-0.3, -0.25) is 0 Å². The Hall–Kier alpha value is -0.653. The molecule has 0 saturated heterocycles. The Balaban J connectivity index is 3.48. The summed E-state index contributed by atoms with van der Waals surface area (Å²) in [7, 11) is 1.94. The van der Waals surface area contributed by atoms with E-state index in [1.807, 2.05) is 0 Å². The largest absolute Gasteiger partial charge is 0.463 e. The average molecular weight is 203 g/mol. The van der Waals surface area contributed by atoms with Gasteiger partial charge in [0.2, 0.25) is 0 Å². The van der Waals surface area contributed by atoms with E-state index < -0.39 is 9.28 Å². The number of hydrogen-bond acceptors (Lipinski definition) is 4. The molecule has 0 aromatic heterocycles. The Morgan fingerprint density at radius 2 is 2.00 bits per heavy atom. The first-order chi connectivity index (χ1) is 6.24. The van der Waals surface area contributed by atoms with Gasteiger partial charge in [0.05, 0.1) is 6.61 Å². The zero-order valence-electron chi connectivity index (χ0n) is 8.20. The summed E-state index contributed by atoms with van der Waals surface area (Å²) in [6, 6.07) is 0.640. The molecule has 0 amide bonds. The van der Waals surface area contributed by atoms with Gasteiger partial charge in [-0.1, -0.05) is 6.08 Å². The van der Waals surface area contributed by atoms with Gasteiger partial charge in [0.15, 0.2) is 0 Å². The van der Waals surface area contributed by atoms with Crippen molar-refractivity contribution in [3.05, 3.63) is 12.2 Å². The van der Waals surface area contributed by atoms with Gasteiger partial charge >= 0.3 is 15.3 Å². The van der Waals surface area contributed by atoms with Crippen LogP contribution in [-0.4, -0.2) is 36.1 Å². The second-order valence-corrected chi connectivity index (χ2v) is 4.26. The summed E-state index contributed by atoms with van der Waals surface area (Å²) in [5.74, 6) is -0.323. The maximum atomic E-state index is 10.8. The van der Waals surface area contributed by atoms with Crippen molar-refractivity contribution >= 4 is 15.3 Å². The summed E-state index contributed by atoms with van der Waals surface area (Å²) in [6.07, 6.45) is 3.02. The van der Waals surface area contributed by atoms with E-state index in [0.717, 1.165) is 0 Å². The predicted molar refractivity (Wildman–Crippen MR) is 50.4 cm³/mol. The number of carbonyl (C=O) groups excluding carboxylic acids is 1. The van der Waals surface area contributed by atoms with Crippen LogP contribution in [0, 0.1) is 0 Å². The third kappa shape index (κ3) is 6.50. The first-order valence-electron chi connectivity index (χ1n) is 3.97. The lowest BCUT2D eigenvalue weighted by Crippen LogP contribution is -2.21.